The summed E-state index contributed by atoms with van der Waals surface area (Å²) in [6, 6.07) is 7.37. The Morgan fingerprint density at radius 1 is 1.47 bits per heavy atom. The molecule has 0 saturated carbocycles. The fourth-order valence-corrected chi connectivity index (χ4v) is 1.98. The normalized spacial score (nSPS) is 15.5. The highest BCUT2D eigenvalue weighted by Crippen LogP contribution is 2.23. The number of para-hydroxylation sites is 1. The first-order chi connectivity index (χ1) is 8.26. The fourth-order valence-electron chi connectivity index (χ4n) is 1.98. The summed E-state index contributed by atoms with van der Waals surface area (Å²) < 4.78 is 5.46. The minimum atomic E-state index is 0.0405. The van der Waals surface area contributed by atoms with Crippen molar-refractivity contribution < 1.29 is 9.53 Å². The third-order valence-corrected chi connectivity index (χ3v) is 3.00. The number of likely N-dealkylation sites (tertiary alicyclic amines) is 1. The molecule has 1 aromatic carbocycles. The minimum Gasteiger partial charge on any atom is -0.493 e. The van der Waals surface area contributed by atoms with E-state index in [1.54, 1.807) is 0 Å². The first kappa shape index (κ1) is 11.9. The molecule has 0 bridgehead atoms. The molecule has 1 aliphatic heterocycles. The predicted molar refractivity (Wildman–Crippen MR) is 66.1 cm³/mol. The number of carbonyl (C=O) groups is 1. The summed E-state index contributed by atoms with van der Waals surface area (Å²) in [5, 5.41) is 0. The lowest BCUT2D eigenvalue weighted by molar-refractivity contribution is 0.0511. The summed E-state index contributed by atoms with van der Waals surface area (Å²) in [4.78, 5) is 14.0. The van der Waals surface area contributed by atoms with Gasteiger partial charge in [-0.2, -0.15) is 0 Å². The molecule has 92 valence electrons. The average Bonchev–Trinajstić information content (AvgIpc) is 2.28. The predicted octanol–water partition coefficient (Wildman–Crippen LogP) is 1.12. The largest absolute Gasteiger partial charge is 0.493 e. The van der Waals surface area contributed by atoms with Crippen molar-refractivity contribution in [1.82, 2.24) is 4.90 Å². The van der Waals surface area contributed by atoms with Crippen LogP contribution in [0.3, 0.4) is 0 Å². The maximum atomic E-state index is 12.2. The average molecular weight is 234 g/mol. The maximum Gasteiger partial charge on any atom is 0.257 e. The van der Waals surface area contributed by atoms with Gasteiger partial charge in [-0.1, -0.05) is 12.1 Å². The SMILES string of the molecule is CCOc1ccccc1C(=O)N1CC(CN)C1. The Hall–Kier alpha value is -1.55. The fraction of sp³-hybridized carbons (Fsp3) is 0.462. The summed E-state index contributed by atoms with van der Waals surface area (Å²) in [5.74, 6) is 1.16. The number of amides is 1. The van der Waals surface area contributed by atoms with Crippen LogP contribution in [-0.2, 0) is 0 Å². The topological polar surface area (TPSA) is 55.6 Å². The van der Waals surface area contributed by atoms with Gasteiger partial charge in [-0.25, -0.2) is 0 Å². The maximum absolute atomic E-state index is 12.2. The molecular formula is C13H18N2O2. The molecule has 1 aromatic rings. The molecule has 1 amide bonds. The van der Waals surface area contributed by atoms with Crippen LogP contribution in [0.25, 0.3) is 0 Å². The molecule has 0 atom stereocenters. The number of nitrogens with two attached hydrogens (primary N) is 1. The van der Waals surface area contributed by atoms with E-state index < -0.39 is 0 Å². The molecule has 2 rings (SSSR count). The zero-order chi connectivity index (χ0) is 12.3. The van der Waals surface area contributed by atoms with E-state index in [0.717, 1.165) is 13.1 Å². The summed E-state index contributed by atoms with van der Waals surface area (Å²) in [5.41, 5.74) is 6.19. The number of hydrogen-bond donors (Lipinski definition) is 1. The number of ether oxygens (including phenoxy) is 1. The van der Waals surface area contributed by atoms with Crippen LogP contribution in [0, 0.1) is 5.92 Å². The van der Waals surface area contributed by atoms with Gasteiger partial charge in [-0.3, -0.25) is 4.79 Å². The van der Waals surface area contributed by atoms with Crippen molar-refractivity contribution in [2.75, 3.05) is 26.2 Å². The zero-order valence-corrected chi connectivity index (χ0v) is 10.1. The second kappa shape index (κ2) is 5.19. The lowest BCUT2D eigenvalue weighted by atomic mass is 9.99. The Morgan fingerprint density at radius 2 is 2.18 bits per heavy atom. The van der Waals surface area contributed by atoms with Gasteiger partial charge in [0.15, 0.2) is 0 Å². The molecule has 1 fully saturated rings. The van der Waals surface area contributed by atoms with Gasteiger partial charge in [0.05, 0.1) is 12.2 Å². The highest BCUT2D eigenvalue weighted by molar-refractivity contribution is 5.97. The molecule has 1 heterocycles. The molecule has 2 N–H and O–H groups in total. The van der Waals surface area contributed by atoms with Crippen molar-refractivity contribution in [3.8, 4) is 5.75 Å². The van der Waals surface area contributed by atoms with Crippen molar-refractivity contribution in [3.05, 3.63) is 29.8 Å². The van der Waals surface area contributed by atoms with Gasteiger partial charge in [0.2, 0.25) is 0 Å². The molecule has 0 spiro atoms. The van der Waals surface area contributed by atoms with E-state index in [-0.39, 0.29) is 5.91 Å². The first-order valence-electron chi connectivity index (χ1n) is 5.97. The Morgan fingerprint density at radius 3 is 2.82 bits per heavy atom. The van der Waals surface area contributed by atoms with Crippen LogP contribution in [0.4, 0.5) is 0 Å². The Kier molecular flexibility index (Phi) is 3.64. The van der Waals surface area contributed by atoms with Crippen molar-refractivity contribution >= 4 is 5.91 Å². The minimum absolute atomic E-state index is 0.0405. The molecule has 17 heavy (non-hydrogen) atoms. The second-order valence-corrected chi connectivity index (χ2v) is 4.24. The number of benzene rings is 1. The summed E-state index contributed by atoms with van der Waals surface area (Å²) in [6.07, 6.45) is 0. The summed E-state index contributed by atoms with van der Waals surface area (Å²) >= 11 is 0. The summed E-state index contributed by atoms with van der Waals surface area (Å²) in [7, 11) is 0. The lowest BCUT2D eigenvalue weighted by Gasteiger charge is -2.38. The highest BCUT2D eigenvalue weighted by atomic mass is 16.5. The van der Waals surface area contributed by atoms with Crippen molar-refractivity contribution in [2.24, 2.45) is 11.7 Å². The second-order valence-electron chi connectivity index (χ2n) is 4.24. The lowest BCUT2D eigenvalue weighted by Crippen LogP contribution is -2.52. The Labute approximate surface area is 101 Å². The van der Waals surface area contributed by atoms with Gasteiger partial charge in [-0.05, 0) is 25.6 Å². The van der Waals surface area contributed by atoms with E-state index in [2.05, 4.69) is 0 Å². The quantitative estimate of drug-likeness (QED) is 0.849. The van der Waals surface area contributed by atoms with Crippen LogP contribution in [0.15, 0.2) is 24.3 Å². The molecule has 4 heteroatoms. The van der Waals surface area contributed by atoms with E-state index in [1.807, 2.05) is 36.1 Å². The van der Waals surface area contributed by atoms with Gasteiger partial charge < -0.3 is 15.4 Å². The van der Waals surface area contributed by atoms with E-state index >= 15 is 0 Å². The van der Waals surface area contributed by atoms with Crippen LogP contribution in [-0.4, -0.2) is 37.0 Å². The molecule has 0 unspecified atom stereocenters. The number of nitrogens with zero attached hydrogens (tertiary/aromatic N) is 1. The zero-order valence-electron chi connectivity index (χ0n) is 10.1. The molecule has 0 radical (unpaired) electrons. The monoisotopic (exact) mass is 234 g/mol. The summed E-state index contributed by atoms with van der Waals surface area (Å²) in [6.45, 7) is 4.65. The van der Waals surface area contributed by atoms with Crippen molar-refractivity contribution in [3.63, 3.8) is 0 Å². The van der Waals surface area contributed by atoms with Gasteiger partial charge in [0.25, 0.3) is 5.91 Å². The van der Waals surface area contributed by atoms with Gasteiger partial charge in [-0.15, -0.1) is 0 Å². The third kappa shape index (κ3) is 2.42. The van der Waals surface area contributed by atoms with Crippen LogP contribution in [0.1, 0.15) is 17.3 Å². The molecule has 0 aromatic heterocycles. The van der Waals surface area contributed by atoms with Gasteiger partial charge >= 0.3 is 0 Å². The Bertz CT molecular complexity index is 400. The van der Waals surface area contributed by atoms with Gasteiger partial charge in [0.1, 0.15) is 5.75 Å². The van der Waals surface area contributed by atoms with E-state index in [9.17, 15) is 4.79 Å². The standard InChI is InChI=1S/C13H18N2O2/c1-2-17-12-6-4-3-5-11(12)13(16)15-8-10(7-14)9-15/h3-6,10H,2,7-9,14H2,1H3. The molecular weight excluding hydrogens is 216 g/mol. The smallest absolute Gasteiger partial charge is 0.257 e. The van der Waals surface area contributed by atoms with Crippen molar-refractivity contribution in [2.45, 2.75) is 6.92 Å². The van der Waals surface area contributed by atoms with Crippen LogP contribution in [0.2, 0.25) is 0 Å². The van der Waals surface area contributed by atoms with Crippen molar-refractivity contribution in [1.29, 1.82) is 0 Å². The molecule has 0 aliphatic carbocycles. The molecule has 1 saturated heterocycles. The number of hydrogen-bond acceptors (Lipinski definition) is 3. The molecule has 1 aliphatic rings. The van der Waals surface area contributed by atoms with Crippen LogP contribution in [0.5, 0.6) is 5.75 Å². The Balaban J connectivity index is 2.09. The van der Waals surface area contributed by atoms with Crippen LogP contribution >= 0.6 is 0 Å². The number of carbonyl (C=O) groups excluding carboxylic acids is 1. The van der Waals surface area contributed by atoms with Gasteiger partial charge in [0, 0.05) is 19.0 Å². The van der Waals surface area contributed by atoms with E-state index in [4.69, 9.17) is 10.5 Å². The first-order valence-corrected chi connectivity index (χ1v) is 5.97. The molecule has 4 nitrogen and oxygen atoms in total. The van der Waals surface area contributed by atoms with Crippen LogP contribution < -0.4 is 10.5 Å². The highest BCUT2D eigenvalue weighted by Gasteiger charge is 2.31. The van der Waals surface area contributed by atoms with E-state index in [0.29, 0.717) is 30.4 Å². The third-order valence-electron chi connectivity index (χ3n) is 3.00. The number of rotatable bonds is 4. The van der Waals surface area contributed by atoms with E-state index in [1.165, 1.54) is 0 Å².